The van der Waals surface area contributed by atoms with Crippen LogP contribution in [0.15, 0.2) is 54.6 Å². The largest absolute Gasteiger partial charge is 0.497 e. The van der Waals surface area contributed by atoms with E-state index in [1.54, 1.807) is 62.6 Å². The number of rotatable bonds is 9. The van der Waals surface area contributed by atoms with Crippen molar-refractivity contribution in [2.45, 2.75) is 45.6 Å². The quantitative estimate of drug-likeness (QED) is 0.277. The molecule has 0 radical (unpaired) electrons. The monoisotopic (exact) mass is 498 g/mol. The molecule has 0 spiro atoms. The first-order valence-corrected chi connectivity index (χ1v) is 12.3. The van der Waals surface area contributed by atoms with E-state index < -0.39 is 23.3 Å². The van der Waals surface area contributed by atoms with Crippen LogP contribution < -0.4 is 4.74 Å². The lowest BCUT2D eigenvalue weighted by Gasteiger charge is -2.23. The molecule has 3 aromatic rings. The Morgan fingerprint density at radius 2 is 1.47 bits per heavy atom. The van der Waals surface area contributed by atoms with Gasteiger partial charge in [0.05, 0.1) is 13.7 Å². The van der Waals surface area contributed by atoms with Crippen LogP contribution in [0.25, 0.3) is 16.7 Å². The summed E-state index contributed by atoms with van der Waals surface area (Å²) in [5.41, 5.74) is 2.42. The van der Waals surface area contributed by atoms with Crippen molar-refractivity contribution in [1.29, 1.82) is 0 Å². The molecule has 0 saturated carbocycles. The van der Waals surface area contributed by atoms with Crippen LogP contribution in [0, 0.1) is 29.2 Å². The highest BCUT2D eigenvalue weighted by Gasteiger charge is 2.22. The molecule has 0 saturated heterocycles. The molecule has 3 aromatic carbocycles. The Morgan fingerprint density at radius 1 is 0.806 bits per heavy atom. The first kappa shape index (κ1) is 26.0. The Morgan fingerprint density at radius 3 is 2.14 bits per heavy atom. The van der Waals surface area contributed by atoms with Gasteiger partial charge < -0.3 is 9.47 Å². The average Bonchev–Trinajstić information content (AvgIpc) is 2.91. The highest BCUT2D eigenvalue weighted by atomic mass is 19.2. The summed E-state index contributed by atoms with van der Waals surface area (Å²) in [6.45, 7) is 2.27. The molecule has 0 aromatic heterocycles. The third-order valence-electron chi connectivity index (χ3n) is 6.87. The first-order chi connectivity index (χ1) is 17.4. The highest BCUT2D eigenvalue weighted by molar-refractivity contribution is 5.67. The Balaban J connectivity index is 1.39. The molecule has 0 heterocycles. The lowest BCUT2D eigenvalue weighted by molar-refractivity contribution is 0.131. The molecular weight excluding hydrogens is 468 g/mol. The molecule has 0 bridgehead atoms. The fourth-order valence-corrected chi connectivity index (χ4v) is 4.69. The normalized spacial score (nSPS) is 15.6. The van der Waals surface area contributed by atoms with Crippen molar-refractivity contribution in [1.82, 2.24) is 0 Å². The summed E-state index contributed by atoms with van der Waals surface area (Å²) in [5.74, 6) is -2.46. The molecule has 0 fully saturated rings. The number of hydrogen-bond donors (Lipinski definition) is 0. The Bertz CT molecular complexity index is 1230. The van der Waals surface area contributed by atoms with E-state index in [9.17, 15) is 17.6 Å². The smallest absolute Gasteiger partial charge is 0.166 e. The van der Waals surface area contributed by atoms with Gasteiger partial charge in [0.15, 0.2) is 23.3 Å². The van der Waals surface area contributed by atoms with E-state index in [0.29, 0.717) is 49.2 Å². The van der Waals surface area contributed by atoms with Gasteiger partial charge in [-0.1, -0.05) is 42.5 Å². The first-order valence-electron chi connectivity index (χ1n) is 12.3. The van der Waals surface area contributed by atoms with E-state index in [-0.39, 0.29) is 29.2 Å². The Kier molecular flexibility index (Phi) is 8.47. The fourth-order valence-electron chi connectivity index (χ4n) is 4.69. The number of methoxy groups -OCH3 is 1. The van der Waals surface area contributed by atoms with Gasteiger partial charge in [0.2, 0.25) is 0 Å². The van der Waals surface area contributed by atoms with Gasteiger partial charge >= 0.3 is 0 Å². The van der Waals surface area contributed by atoms with E-state index >= 15 is 0 Å². The zero-order valence-electron chi connectivity index (χ0n) is 20.6. The second-order valence-corrected chi connectivity index (χ2v) is 9.07. The molecule has 1 aliphatic rings. The standard InChI is InChI=1S/C30H30F4O2/c1-3-36-18-23-13-17-26(30(34)28(23)32)20-7-4-19(5-8-20)6-9-22-12-16-25(29(33)27(22)31)21-10-14-24(35-2)15-11-21/h7,10-17,19H,3-6,8-9,18H2,1-2H3. The van der Waals surface area contributed by atoms with Crippen molar-refractivity contribution in [3.05, 3.63) is 94.6 Å². The summed E-state index contributed by atoms with van der Waals surface area (Å²) in [5, 5.41) is 0. The molecule has 1 aliphatic carbocycles. The number of halogens is 4. The molecule has 1 unspecified atom stereocenters. The molecule has 0 aliphatic heterocycles. The van der Waals surface area contributed by atoms with Crippen LogP contribution in [0.2, 0.25) is 0 Å². The maximum atomic E-state index is 14.8. The number of allylic oxidation sites excluding steroid dienone is 2. The van der Waals surface area contributed by atoms with Gasteiger partial charge in [-0.3, -0.25) is 0 Å². The third kappa shape index (κ3) is 5.65. The van der Waals surface area contributed by atoms with Crippen molar-refractivity contribution in [2.24, 2.45) is 5.92 Å². The van der Waals surface area contributed by atoms with Crippen LogP contribution in [0.1, 0.15) is 49.3 Å². The van der Waals surface area contributed by atoms with Crippen molar-refractivity contribution in [2.75, 3.05) is 13.7 Å². The van der Waals surface area contributed by atoms with Crippen LogP contribution in [0.3, 0.4) is 0 Å². The minimum absolute atomic E-state index is 0.0406. The SMILES string of the molecule is CCOCc1ccc(C2=CCC(CCc3ccc(-c4ccc(OC)cc4)c(F)c3F)CC2)c(F)c1F. The summed E-state index contributed by atoms with van der Waals surface area (Å²) < 4.78 is 69.0. The van der Waals surface area contributed by atoms with E-state index in [0.717, 1.165) is 12.0 Å². The van der Waals surface area contributed by atoms with E-state index in [1.807, 2.05) is 6.08 Å². The fraction of sp³-hybridized carbons (Fsp3) is 0.333. The van der Waals surface area contributed by atoms with Crippen molar-refractivity contribution < 1.29 is 27.0 Å². The van der Waals surface area contributed by atoms with Gasteiger partial charge in [-0.25, -0.2) is 17.6 Å². The maximum absolute atomic E-state index is 14.8. The number of hydrogen-bond acceptors (Lipinski definition) is 2. The molecule has 6 heteroatoms. The Labute approximate surface area is 209 Å². The van der Waals surface area contributed by atoms with Crippen LogP contribution >= 0.6 is 0 Å². The molecule has 1 atom stereocenters. The van der Waals surface area contributed by atoms with E-state index in [2.05, 4.69) is 0 Å². The summed E-state index contributed by atoms with van der Waals surface area (Å²) in [6.07, 6.45) is 5.12. The maximum Gasteiger partial charge on any atom is 0.166 e. The molecule has 2 nitrogen and oxygen atoms in total. The molecule has 4 rings (SSSR count). The van der Waals surface area contributed by atoms with E-state index in [4.69, 9.17) is 9.47 Å². The molecule has 0 N–H and O–H groups in total. The minimum Gasteiger partial charge on any atom is -0.497 e. The molecule has 0 amide bonds. The zero-order valence-corrected chi connectivity index (χ0v) is 20.6. The minimum atomic E-state index is -0.862. The third-order valence-corrected chi connectivity index (χ3v) is 6.87. The second kappa shape index (κ2) is 11.7. The number of ether oxygens (including phenoxy) is 2. The Hall–Kier alpha value is -3.12. The van der Waals surface area contributed by atoms with E-state index in [1.165, 1.54) is 0 Å². The van der Waals surface area contributed by atoms with Crippen molar-refractivity contribution in [3.8, 4) is 16.9 Å². The van der Waals surface area contributed by atoms with Gasteiger partial charge in [0.1, 0.15) is 5.75 Å². The van der Waals surface area contributed by atoms with Crippen LogP contribution in [0.5, 0.6) is 5.75 Å². The van der Waals surface area contributed by atoms with Crippen molar-refractivity contribution >= 4 is 5.57 Å². The van der Waals surface area contributed by atoms with Crippen LogP contribution in [-0.4, -0.2) is 13.7 Å². The van der Waals surface area contributed by atoms with Crippen LogP contribution in [-0.2, 0) is 17.8 Å². The summed E-state index contributed by atoms with van der Waals surface area (Å²) in [4.78, 5) is 0. The lowest BCUT2D eigenvalue weighted by Crippen LogP contribution is -2.09. The topological polar surface area (TPSA) is 18.5 Å². The molecule has 190 valence electrons. The zero-order chi connectivity index (χ0) is 25.7. The highest BCUT2D eigenvalue weighted by Crippen LogP contribution is 2.35. The van der Waals surface area contributed by atoms with Crippen molar-refractivity contribution in [3.63, 3.8) is 0 Å². The summed E-state index contributed by atoms with van der Waals surface area (Å²) >= 11 is 0. The summed E-state index contributed by atoms with van der Waals surface area (Å²) in [7, 11) is 1.55. The van der Waals surface area contributed by atoms with Gasteiger partial charge in [-0.05, 0) is 73.8 Å². The lowest BCUT2D eigenvalue weighted by atomic mass is 9.83. The number of aryl methyl sites for hydroxylation is 1. The summed E-state index contributed by atoms with van der Waals surface area (Å²) in [6, 6.07) is 13.3. The van der Waals surface area contributed by atoms with Crippen LogP contribution in [0.4, 0.5) is 17.6 Å². The van der Waals surface area contributed by atoms with Gasteiger partial charge in [0, 0.05) is 23.3 Å². The molecule has 36 heavy (non-hydrogen) atoms. The second-order valence-electron chi connectivity index (χ2n) is 9.07. The average molecular weight is 499 g/mol. The van der Waals surface area contributed by atoms with Gasteiger partial charge in [0.25, 0.3) is 0 Å². The molecular formula is C30H30F4O2. The predicted octanol–water partition coefficient (Wildman–Crippen LogP) is 8.27. The number of benzene rings is 3. The van der Waals surface area contributed by atoms with Gasteiger partial charge in [-0.15, -0.1) is 0 Å². The predicted molar refractivity (Wildman–Crippen MR) is 134 cm³/mol. The van der Waals surface area contributed by atoms with Gasteiger partial charge in [-0.2, -0.15) is 0 Å².